The smallest absolute Gasteiger partial charge is 0.344 e. The van der Waals surface area contributed by atoms with Crippen LogP contribution in [0.1, 0.15) is 53.4 Å². The molecule has 0 bridgehead atoms. The maximum absolute atomic E-state index is 11.7. The highest BCUT2D eigenvalue weighted by Gasteiger charge is 2.30. The van der Waals surface area contributed by atoms with E-state index in [4.69, 9.17) is 9.47 Å². The summed E-state index contributed by atoms with van der Waals surface area (Å²) in [6, 6.07) is 0. The molecule has 1 saturated carbocycles. The first-order valence-electron chi connectivity index (χ1n) is 6.73. The van der Waals surface area contributed by atoms with Crippen LogP contribution < -0.4 is 0 Å². The van der Waals surface area contributed by atoms with Gasteiger partial charge in [0.05, 0.1) is 5.41 Å². The van der Waals surface area contributed by atoms with Crippen molar-refractivity contribution in [2.24, 2.45) is 11.3 Å². The number of carbonyl (C=O) groups is 2. The molecule has 1 fully saturated rings. The zero-order chi connectivity index (χ0) is 13.8. The quantitative estimate of drug-likeness (QED) is 0.710. The van der Waals surface area contributed by atoms with Crippen molar-refractivity contribution >= 4 is 11.9 Å². The van der Waals surface area contributed by atoms with E-state index in [2.05, 4.69) is 6.92 Å². The first-order valence-corrected chi connectivity index (χ1v) is 6.73. The highest BCUT2D eigenvalue weighted by molar-refractivity contribution is 5.79. The van der Waals surface area contributed by atoms with Gasteiger partial charge < -0.3 is 9.47 Å². The van der Waals surface area contributed by atoms with Gasteiger partial charge in [-0.2, -0.15) is 0 Å². The van der Waals surface area contributed by atoms with Crippen LogP contribution in [0.25, 0.3) is 0 Å². The zero-order valence-electron chi connectivity index (χ0n) is 11.8. The molecule has 1 aliphatic carbocycles. The third-order valence-corrected chi connectivity index (χ3v) is 3.82. The molecule has 0 amide bonds. The van der Waals surface area contributed by atoms with Crippen LogP contribution in [0, 0.1) is 11.3 Å². The summed E-state index contributed by atoms with van der Waals surface area (Å²) in [5.41, 5.74) is -0.541. The summed E-state index contributed by atoms with van der Waals surface area (Å²) in [4.78, 5) is 23.2. The Kier molecular flexibility index (Phi) is 5.17. The minimum absolute atomic E-state index is 0.00427. The van der Waals surface area contributed by atoms with Crippen LogP contribution >= 0.6 is 0 Å². The maximum atomic E-state index is 11.7. The molecule has 4 heteroatoms. The summed E-state index contributed by atoms with van der Waals surface area (Å²) in [5, 5.41) is 0. The van der Waals surface area contributed by atoms with Gasteiger partial charge in [0.2, 0.25) is 0 Å². The van der Waals surface area contributed by atoms with Gasteiger partial charge in [-0.15, -0.1) is 0 Å². The van der Waals surface area contributed by atoms with Crippen molar-refractivity contribution in [3.05, 3.63) is 0 Å². The predicted octanol–water partition coefficient (Wildman–Crippen LogP) is 2.70. The Labute approximate surface area is 109 Å². The van der Waals surface area contributed by atoms with E-state index in [1.807, 2.05) is 6.92 Å². The molecule has 104 valence electrons. The third kappa shape index (κ3) is 4.00. The lowest BCUT2D eigenvalue weighted by Crippen LogP contribution is -2.30. The Morgan fingerprint density at radius 1 is 1.28 bits per heavy atom. The molecule has 0 aromatic carbocycles. The monoisotopic (exact) mass is 256 g/mol. The lowest BCUT2D eigenvalue weighted by atomic mass is 9.91. The number of hydrogen-bond acceptors (Lipinski definition) is 4. The fourth-order valence-corrected chi connectivity index (χ4v) is 1.95. The molecule has 2 unspecified atom stereocenters. The Hall–Kier alpha value is -1.06. The van der Waals surface area contributed by atoms with Crippen molar-refractivity contribution in [1.82, 2.24) is 0 Å². The number of carbonyl (C=O) groups excluding carboxylic acids is 2. The highest BCUT2D eigenvalue weighted by atomic mass is 16.6. The molecule has 0 saturated heterocycles. The first kappa shape index (κ1) is 15.0. The highest BCUT2D eigenvalue weighted by Crippen LogP contribution is 2.27. The lowest BCUT2D eigenvalue weighted by Gasteiger charge is -2.21. The van der Waals surface area contributed by atoms with E-state index in [1.54, 1.807) is 13.8 Å². The summed E-state index contributed by atoms with van der Waals surface area (Å²) in [7, 11) is 0. The number of esters is 2. The molecule has 18 heavy (non-hydrogen) atoms. The topological polar surface area (TPSA) is 52.6 Å². The minimum atomic E-state index is -0.541. The van der Waals surface area contributed by atoms with Gasteiger partial charge in [-0.1, -0.05) is 13.8 Å². The maximum Gasteiger partial charge on any atom is 0.344 e. The van der Waals surface area contributed by atoms with Crippen molar-refractivity contribution in [3.8, 4) is 0 Å². The number of rotatable bonds is 5. The number of hydrogen-bond donors (Lipinski definition) is 0. The predicted molar refractivity (Wildman–Crippen MR) is 67.9 cm³/mol. The Morgan fingerprint density at radius 2 is 1.94 bits per heavy atom. The largest absolute Gasteiger partial charge is 0.460 e. The van der Waals surface area contributed by atoms with E-state index in [0.29, 0.717) is 12.3 Å². The molecular weight excluding hydrogens is 232 g/mol. The fourth-order valence-electron chi connectivity index (χ4n) is 1.95. The van der Waals surface area contributed by atoms with Crippen molar-refractivity contribution in [2.45, 2.75) is 59.5 Å². The van der Waals surface area contributed by atoms with Gasteiger partial charge in [0.1, 0.15) is 6.10 Å². The summed E-state index contributed by atoms with van der Waals surface area (Å²) in [6.07, 6.45) is 3.79. The van der Waals surface area contributed by atoms with E-state index in [0.717, 1.165) is 19.3 Å². The van der Waals surface area contributed by atoms with E-state index >= 15 is 0 Å². The fraction of sp³-hybridized carbons (Fsp3) is 0.857. The molecule has 0 aliphatic heterocycles. The molecule has 1 rings (SSSR count). The Bertz CT molecular complexity index is 309. The van der Waals surface area contributed by atoms with Crippen molar-refractivity contribution in [3.63, 3.8) is 0 Å². The van der Waals surface area contributed by atoms with Gasteiger partial charge in [0.15, 0.2) is 6.61 Å². The summed E-state index contributed by atoms with van der Waals surface area (Å²) < 4.78 is 10.3. The first-order chi connectivity index (χ1) is 8.36. The molecule has 1 aliphatic rings. The zero-order valence-corrected chi connectivity index (χ0v) is 11.8. The van der Waals surface area contributed by atoms with Gasteiger partial charge in [-0.25, -0.2) is 4.79 Å². The van der Waals surface area contributed by atoms with Crippen LogP contribution in [0.5, 0.6) is 0 Å². The SMILES string of the molecule is CCC(C)(C)C(=O)OCC(=O)OC1CCCC1C. The van der Waals surface area contributed by atoms with Crippen LogP contribution in [-0.4, -0.2) is 24.6 Å². The van der Waals surface area contributed by atoms with Gasteiger partial charge in [0.25, 0.3) is 0 Å². The molecular formula is C14H24O4. The summed E-state index contributed by atoms with van der Waals surface area (Å²) in [5.74, 6) is -0.368. The second-order valence-corrected chi connectivity index (χ2v) is 5.75. The second-order valence-electron chi connectivity index (χ2n) is 5.75. The molecule has 0 aromatic heterocycles. The van der Waals surface area contributed by atoms with Crippen LogP contribution in [-0.2, 0) is 19.1 Å². The third-order valence-electron chi connectivity index (χ3n) is 3.82. The van der Waals surface area contributed by atoms with E-state index in [1.165, 1.54) is 0 Å². The molecule has 0 spiro atoms. The molecule has 0 heterocycles. The molecule has 0 radical (unpaired) electrons. The van der Waals surface area contributed by atoms with Gasteiger partial charge in [-0.3, -0.25) is 4.79 Å². The summed E-state index contributed by atoms with van der Waals surface area (Å²) >= 11 is 0. The molecule has 0 aromatic rings. The van der Waals surface area contributed by atoms with Crippen molar-refractivity contribution < 1.29 is 19.1 Å². The molecule has 0 N–H and O–H groups in total. The average Bonchev–Trinajstić information content (AvgIpc) is 2.72. The Balaban J connectivity index is 2.31. The van der Waals surface area contributed by atoms with E-state index < -0.39 is 11.4 Å². The van der Waals surface area contributed by atoms with Crippen LogP contribution in [0.3, 0.4) is 0 Å². The van der Waals surface area contributed by atoms with Gasteiger partial charge in [-0.05, 0) is 45.4 Å². The van der Waals surface area contributed by atoms with E-state index in [9.17, 15) is 9.59 Å². The van der Waals surface area contributed by atoms with Crippen molar-refractivity contribution in [2.75, 3.05) is 6.61 Å². The van der Waals surface area contributed by atoms with Gasteiger partial charge in [0, 0.05) is 0 Å². The van der Waals surface area contributed by atoms with Crippen molar-refractivity contribution in [1.29, 1.82) is 0 Å². The van der Waals surface area contributed by atoms with Crippen LogP contribution in [0.2, 0.25) is 0 Å². The molecule has 4 nitrogen and oxygen atoms in total. The normalized spacial score (nSPS) is 23.8. The lowest BCUT2D eigenvalue weighted by molar-refractivity contribution is -0.168. The summed E-state index contributed by atoms with van der Waals surface area (Å²) in [6.45, 7) is 7.34. The average molecular weight is 256 g/mol. The standard InChI is InChI=1S/C14H24O4/c1-5-14(3,4)13(16)17-9-12(15)18-11-8-6-7-10(11)2/h10-11H,5-9H2,1-4H3. The minimum Gasteiger partial charge on any atom is -0.460 e. The van der Waals surface area contributed by atoms with Crippen LogP contribution in [0.15, 0.2) is 0 Å². The van der Waals surface area contributed by atoms with Gasteiger partial charge >= 0.3 is 11.9 Å². The van der Waals surface area contributed by atoms with E-state index in [-0.39, 0.29) is 18.7 Å². The Morgan fingerprint density at radius 3 is 2.44 bits per heavy atom. The molecule has 2 atom stereocenters. The van der Waals surface area contributed by atoms with Crippen LogP contribution in [0.4, 0.5) is 0 Å². The second kappa shape index (κ2) is 6.21. The number of ether oxygens (including phenoxy) is 2.